The van der Waals surface area contributed by atoms with Crippen LogP contribution in [0.5, 0.6) is 5.75 Å². The molecule has 0 saturated carbocycles. The Balaban J connectivity index is 1.25. The Morgan fingerprint density at radius 3 is 2.06 bits per heavy atom. The van der Waals surface area contributed by atoms with Crippen LogP contribution in [0, 0.1) is 17.8 Å². The van der Waals surface area contributed by atoms with Crippen molar-refractivity contribution in [3.8, 4) is 5.75 Å². The zero-order valence-corrected chi connectivity index (χ0v) is 50.6. The number of phenolic OH excluding ortho intramolecular Hbond substituents is 1. The molecule has 87 heavy (non-hydrogen) atoms. The highest BCUT2D eigenvalue weighted by atomic mass is 32.2. The first-order chi connectivity index (χ1) is 41.3. The van der Waals surface area contributed by atoms with Crippen molar-refractivity contribution in [3.63, 3.8) is 0 Å². The van der Waals surface area contributed by atoms with Gasteiger partial charge in [0.25, 0.3) is 0 Å². The van der Waals surface area contributed by atoms with Gasteiger partial charge in [-0.05, 0) is 73.4 Å². The lowest BCUT2D eigenvalue weighted by molar-refractivity contribution is -0.142. The maximum atomic E-state index is 14.3. The van der Waals surface area contributed by atoms with Crippen LogP contribution in [0.3, 0.4) is 0 Å². The maximum absolute atomic E-state index is 14.3. The van der Waals surface area contributed by atoms with E-state index in [2.05, 4.69) is 41.9 Å². The predicted molar refractivity (Wildman–Crippen MR) is 328 cm³/mol. The fourth-order valence-corrected chi connectivity index (χ4v) is 11.3. The van der Waals surface area contributed by atoms with Gasteiger partial charge < -0.3 is 74.3 Å². The number of rotatable bonds is 35. The third-order valence-corrected chi connectivity index (χ3v) is 16.0. The van der Waals surface area contributed by atoms with Gasteiger partial charge in [-0.25, -0.2) is 0 Å². The monoisotopic (exact) mass is 1220 g/mol. The first-order valence-electron chi connectivity index (χ1n) is 29.0. The van der Waals surface area contributed by atoms with Crippen molar-refractivity contribution < 1.29 is 63.3 Å². The van der Waals surface area contributed by atoms with Gasteiger partial charge in [0.2, 0.25) is 47.3 Å². The van der Waals surface area contributed by atoms with E-state index < -0.39 is 132 Å². The topological polar surface area (TPSA) is 413 Å². The molecule has 1 saturated heterocycles. The van der Waals surface area contributed by atoms with Gasteiger partial charge >= 0.3 is 0 Å². The number of aliphatic hydroxyl groups is 2. The number of fused-ring (bicyclic) bond motifs is 1. The van der Waals surface area contributed by atoms with Gasteiger partial charge in [-0.3, -0.25) is 52.9 Å². The molecule has 25 nitrogen and oxygen atoms in total. The number of hydrogen-bond acceptors (Lipinski definition) is 15. The average molecular weight is 1230 g/mol. The number of aliphatic hydroxyl groups excluding tert-OH is 2. The maximum Gasteiger partial charge on any atom is 0.246 e. The molecular weight excluding hydrogens is 1140 g/mol. The molecule has 1 aliphatic rings. The number of guanidine groups is 1. The molecule has 0 radical (unpaired) electrons. The lowest BCUT2D eigenvalue weighted by Gasteiger charge is -2.30. The largest absolute Gasteiger partial charge is 0.508 e. The fraction of sp³-hybridized carbons (Fsp3) is 0.492. The van der Waals surface area contributed by atoms with Crippen LogP contribution in [0.2, 0.25) is 0 Å². The minimum Gasteiger partial charge on any atom is -0.508 e. The summed E-state index contributed by atoms with van der Waals surface area (Å²) in [5.41, 5.74) is 20.2. The minimum absolute atomic E-state index is 0.0248. The summed E-state index contributed by atoms with van der Waals surface area (Å²) in [5.74, 6) is -9.40. The molecule has 0 bridgehead atoms. The molecule has 1 aromatic heterocycles. The molecule has 1 fully saturated rings. The number of phenols is 1. The van der Waals surface area contributed by atoms with E-state index in [4.69, 9.17) is 17.2 Å². The summed E-state index contributed by atoms with van der Waals surface area (Å²) in [6.45, 7) is 6.28. The van der Waals surface area contributed by atoms with Gasteiger partial charge in [-0.2, -0.15) is 0 Å². The number of thioether (sulfide) groups is 1. The molecule has 4 aromatic rings. The molecule has 1 aliphatic heterocycles. The number of hydrogen-bond donors (Lipinski definition) is 13. The van der Waals surface area contributed by atoms with E-state index in [0.717, 1.165) is 38.7 Å². The van der Waals surface area contributed by atoms with E-state index in [0.29, 0.717) is 18.5 Å². The molecule has 3 aromatic carbocycles. The number of nitrogens with one attached hydrogen (secondary N) is 7. The van der Waals surface area contributed by atoms with E-state index in [1.54, 1.807) is 30.5 Å². The van der Waals surface area contributed by atoms with Crippen LogP contribution in [-0.4, -0.2) is 170 Å². The SMILES string of the molecule is CN=C(N)NCCC[C@H](CC(=O)[C@H](CC(C)C)NC(=O)CSC[C@H](Cc1ccccc1)NC(=O)[C@@H](CC(=O)[C@H](CC(N)=O)NC(=O)[C@@H]1C[C@@H](O)CN1C(=O)[C@@H](Cc1ccc(O)cc1)NC(C)=O)[C@@H](C)O)C(=O)N[C@@H](Cc1c[nH]c2ccccc12)C(N)=O. The second-order valence-corrected chi connectivity index (χ2v) is 23.5. The molecule has 16 N–H and O–H groups in total. The number of nitrogens with zero attached hydrogens (tertiary/aromatic N) is 2. The Morgan fingerprint density at radius 2 is 1.41 bits per heavy atom. The first-order valence-corrected chi connectivity index (χ1v) is 30.2. The van der Waals surface area contributed by atoms with Crippen molar-refractivity contribution in [2.24, 2.45) is 39.9 Å². The number of aromatic amines is 1. The van der Waals surface area contributed by atoms with Crippen molar-refractivity contribution in [1.82, 2.24) is 41.8 Å². The van der Waals surface area contributed by atoms with Crippen molar-refractivity contribution >= 4 is 87.4 Å². The number of amides is 8. The third kappa shape index (κ3) is 22.5. The van der Waals surface area contributed by atoms with Crippen LogP contribution >= 0.6 is 11.8 Å². The normalized spacial score (nSPS) is 16.9. The predicted octanol–water partition coefficient (Wildman–Crippen LogP) is 0.293. The number of Topliss-reactive ketones (excluding diaryl/α,β-unsaturated/α-hetero) is 2. The van der Waals surface area contributed by atoms with E-state index in [-0.39, 0.29) is 80.6 Å². The molecule has 0 unspecified atom stereocenters. The molecule has 0 spiro atoms. The summed E-state index contributed by atoms with van der Waals surface area (Å²) in [7, 11) is 1.52. The number of carbonyl (C=O) groups excluding carboxylic acids is 10. The second kappa shape index (κ2) is 34.1. The second-order valence-electron chi connectivity index (χ2n) is 22.5. The molecule has 472 valence electrons. The molecule has 8 amide bonds. The van der Waals surface area contributed by atoms with Crippen molar-refractivity contribution in [2.75, 3.05) is 31.6 Å². The number of β-amino-alcohol motifs (C(OH)–C–C–N with tert-alkyl or cyclic N) is 1. The Morgan fingerprint density at radius 1 is 0.747 bits per heavy atom. The quantitative estimate of drug-likeness (QED) is 0.0167. The van der Waals surface area contributed by atoms with Gasteiger partial charge in [-0.1, -0.05) is 74.5 Å². The van der Waals surface area contributed by atoms with E-state index in [1.807, 2.05) is 56.3 Å². The smallest absolute Gasteiger partial charge is 0.246 e. The number of primary amides is 2. The molecule has 26 heteroatoms. The van der Waals surface area contributed by atoms with Crippen LogP contribution in [0.4, 0.5) is 0 Å². The summed E-state index contributed by atoms with van der Waals surface area (Å²) in [6, 6.07) is 15.4. The highest BCUT2D eigenvalue weighted by Gasteiger charge is 2.43. The number of ketones is 2. The van der Waals surface area contributed by atoms with Crippen molar-refractivity contribution in [3.05, 3.63) is 102 Å². The summed E-state index contributed by atoms with van der Waals surface area (Å²) in [4.78, 5) is 144. The molecule has 2 heterocycles. The standard InChI is InChI=1S/C61H84N12O13S/c1-34(2)22-47(52(78)26-39(14-11-21-66-61(64)65-5)57(83)72-49(56(63)82)25-40-30-67-46-16-10-9-15-44(40)46)70-55(81)33-87-32-41(23-37-12-7-6-8-13-37)69-58(84)45(35(3)74)28-53(79)48(29-54(62)80)71-59(85)51-27-43(77)31-73(51)60(86)50(68-36(4)75)24-38-17-19-42(76)20-18-38/h6-10,12-13,15-20,30,34-35,39,41,43,45,47-51,67,74,76-77H,11,14,21-29,31-33H2,1-5H3,(H2,62,80)(H2,63,82)(H,68,75)(H,69,84)(H,70,81)(H,71,85)(H,72,83)(H3,64,65,66)/t35-,39-,41+,43-,45+,47+,48+,49+,50-,51+/m1/s1. The third-order valence-electron chi connectivity index (χ3n) is 14.9. The van der Waals surface area contributed by atoms with Crippen LogP contribution < -0.4 is 49.1 Å². The lowest BCUT2D eigenvalue weighted by atomic mass is 9.90. The zero-order chi connectivity index (χ0) is 63.9. The van der Waals surface area contributed by atoms with Gasteiger partial charge in [0.05, 0.1) is 42.4 Å². The Hall–Kier alpha value is -8.36. The number of aromatic nitrogens is 1. The fourth-order valence-electron chi connectivity index (χ4n) is 10.4. The van der Waals surface area contributed by atoms with Crippen LogP contribution in [0.25, 0.3) is 10.9 Å². The zero-order valence-electron chi connectivity index (χ0n) is 49.8. The number of nitrogens with two attached hydrogens (primary N) is 3. The number of para-hydroxylation sites is 1. The number of benzene rings is 3. The van der Waals surface area contributed by atoms with E-state index in [1.165, 1.54) is 33.0 Å². The van der Waals surface area contributed by atoms with Crippen LogP contribution in [0.1, 0.15) is 89.3 Å². The van der Waals surface area contributed by atoms with Gasteiger partial charge in [0.15, 0.2) is 17.5 Å². The Bertz CT molecular complexity index is 3050. The summed E-state index contributed by atoms with van der Waals surface area (Å²) < 4.78 is 0. The Labute approximate surface area is 509 Å². The minimum atomic E-state index is -1.63. The van der Waals surface area contributed by atoms with Crippen LogP contribution in [-0.2, 0) is 67.2 Å². The van der Waals surface area contributed by atoms with Gasteiger partial charge in [-0.15, -0.1) is 11.8 Å². The molecule has 5 rings (SSSR count). The summed E-state index contributed by atoms with van der Waals surface area (Å²) in [6.07, 6.45) is -1.73. The molecular formula is C61H84N12O13S. The first kappa shape index (κ1) is 69.4. The van der Waals surface area contributed by atoms with Crippen molar-refractivity contribution in [2.45, 2.75) is 140 Å². The van der Waals surface area contributed by atoms with E-state index >= 15 is 0 Å². The average Bonchev–Trinajstić information content (AvgIpc) is 2.36. The van der Waals surface area contributed by atoms with Crippen molar-refractivity contribution in [1.29, 1.82) is 0 Å². The van der Waals surface area contributed by atoms with Gasteiger partial charge in [0.1, 0.15) is 23.9 Å². The Kier molecular flexibility index (Phi) is 27.2. The lowest BCUT2D eigenvalue weighted by Crippen LogP contribution is -2.56. The number of aliphatic imine (C=N–C) groups is 1. The van der Waals surface area contributed by atoms with Crippen LogP contribution in [0.15, 0.2) is 90.1 Å². The molecule has 0 aliphatic carbocycles. The molecule has 10 atom stereocenters. The highest BCUT2D eigenvalue weighted by Crippen LogP contribution is 2.25. The summed E-state index contributed by atoms with van der Waals surface area (Å²) >= 11 is 1.14. The highest BCUT2D eigenvalue weighted by molar-refractivity contribution is 8.00. The number of likely N-dealkylation sites (tertiary alicyclic amines) is 1. The number of carbonyl (C=O) groups is 10. The summed E-state index contributed by atoms with van der Waals surface area (Å²) in [5, 5.41) is 48.9. The van der Waals surface area contributed by atoms with E-state index in [9.17, 15) is 63.3 Å². The number of H-pyrrole nitrogens is 1. The number of aromatic hydroxyl groups is 1. The van der Waals surface area contributed by atoms with Gasteiger partial charge in [0, 0.05) is 94.0 Å².